The van der Waals surface area contributed by atoms with Gasteiger partial charge in [-0.2, -0.15) is 12.6 Å². The van der Waals surface area contributed by atoms with Gasteiger partial charge in [0, 0.05) is 5.56 Å². The van der Waals surface area contributed by atoms with Gasteiger partial charge < -0.3 is 4.74 Å². The molecule has 0 radical (unpaired) electrons. The van der Waals surface area contributed by atoms with E-state index in [0.29, 0.717) is 5.75 Å². The van der Waals surface area contributed by atoms with Crippen LogP contribution in [-0.2, 0) is 0 Å². The van der Waals surface area contributed by atoms with Gasteiger partial charge in [-0.05, 0) is 24.3 Å². The summed E-state index contributed by atoms with van der Waals surface area (Å²) in [6.07, 6.45) is 0. The molecule has 0 amide bonds. The van der Waals surface area contributed by atoms with Crippen molar-refractivity contribution in [2.45, 2.75) is 0 Å². The summed E-state index contributed by atoms with van der Waals surface area (Å²) in [6.45, 7) is 0. The summed E-state index contributed by atoms with van der Waals surface area (Å²) in [4.78, 5) is 0. The molecule has 0 heterocycles. The number of hydrogen-bond acceptors (Lipinski definition) is 2. The van der Waals surface area contributed by atoms with Gasteiger partial charge in [0.25, 0.3) is 0 Å². The molecule has 0 spiro atoms. The van der Waals surface area contributed by atoms with E-state index in [-0.39, 0.29) is 0 Å². The zero-order chi connectivity index (χ0) is 8.81. The minimum absolute atomic E-state index is 0.589. The highest BCUT2D eigenvalue weighted by molar-refractivity contribution is 7.80. The summed E-state index contributed by atoms with van der Waals surface area (Å²) >= 11 is 3.99. The molecule has 1 rings (SSSR count). The van der Waals surface area contributed by atoms with Crippen LogP contribution in [0.25, 0.3) is 0 Å². The SMILES string of the molecule is COc1ccc(C#CCS)cc1. The Balaban J connectivity index is 2.78. The Kier molecular flexibility index (Phi) is 3.56. The van der Waals surface area contributed by atoms with E-state index in [9.17, 15) is 0 Å². The Morgan fingerprint density at radius 3 is 2.50 bits per heavy atom. The molecule has 2 heteroatoms. The maximum Gasteiger partial charge on any atom is 0.118 e. The molecule has 0 aromatic heterocycles. The molecule has 0 unspecified atom stereocenters. The van der Waals surface area contributed by atoms with Crippen molar-refractivity contribution in [2.24, 2.45) is 0 Å². The van der Waals surface area contributed by atoms with Gasteiger partial charge in [0.1, 0.15) is 5.75 Å². The Hall–Kier alpha value is -1.07. The highest BCUT2D eigenvalue weighted by atomic mass is 32.1. The third-order valence-electron chi connectivity index (χ3n) is 1.40. The predicted octanol–water partition coefficient (Wildman–Crippen LogP) is 1.98. The molecular weight excluding hydrogens is 168 g/mol. The van der Waals surface area contributed by atoms with Gasteiger partial charge in [0.15, 0.2) is 0 Å². The first-order chi connectivity index (χ1) is 5.86. The maximum atomic E-state index is 5.01. The third kappa shape index (κ3) is 2.52. The van der Waals surface area contributed by atoms with Crippen molar-refractivity contribution in [1.29, 1.82) is 0 Å². The second-order valence-electron chi connectivity index (χ2n) is 2.19. The average Bonchev–Trinajstić information content (AvgIpc) is 2.15. The van der Waals surface area contributed by atoms with Crippen molar-refractivity contribution in [1.82, 2.24) is 0 Å². The number of rotatable bonds is 1. The normalized spacial score (nSPS) is 8.50. The lowest BCUT2D eigenvalue weighted by Crippen LogP contribution is -1.81. The summed E-state index contributed by atoms with van der Waals surface area (Å²) in [7, 11) is 1.65. The fourth-order valence-electron chi connectivity index (χ4n) is 0.816. The minimum Gasteiger partial charge on any atom is -0.497 e. The molecule has 0 saturated heterocycles. The Bertz CT molecular complexity index is 292. The van der Waals surface area contributed by atoms with Crippen LogP contribution >= 0.6 is 12.6 Å². The maximum absolute atomic E-state index is 5.01. The number of ether oxygens (including phenoxy) is 1. The number of hydrogen-bond donors (Lipinski definition) is 1. The molecule has 0 aliphatic carbocycles. The lowest BCUT2D eigenvalue weighted by molar-refractivity contribution is 0.415. The summed E-state index contributed by atoms with van der Waals surface area (Å²) in [5.41, 5.74) is 0.991. The van der Waals surface area contributed by atoms with Crippen molar-refractivity contribution in [3.63, 3.8) is 0 Å². The van der Waals surface area contributed by atoms with Crippen molar-refractivity contribution < 1.29 is 4.74 Å². The molecule has 0 N–H and O–H groups in total. The van der Waals surface area contributed by atoms with E-state index in [1.165, 1.54) is 0 Å². The zero-order valence-electron chi connectivity index (χ0n) is 6.87. The van der Waals surface area contributed by atoms with E-state index in [1.807, 2.05) is 24.3 Å². The third-order valence-corrected chi connectivity index (χ3v) is 1.56. The van der Waals surface area contributed by atoms with Gasteiger partial charge in [-0.25, -0.2) is 0 Å². The Morgan fingerprint density at radius 2 is 2.00 bits per heavy atom. The van der Waals surface area contributed by atoms with Crippen LogP contribution in [-0.4, -0.2) is 12.9 Å². The van der Waals surface area contributed by atoms with Crippen molar-refractivity contribution in [3.8, 4) is 17.6 Å². The standard InChI is InChI=1S/C10H10OS/c1-11-10-6-4-9(5-7-10)3-2-8-12/h4-7,12H,8H2,1H3. The Labute approximate surface area is 78.2 Å². The summed E-state index contributed by atoms with van der Waals surface area (Å²) in [6, 6.07) is 7.63. The van der Waals surface area contributed by atoms with E-state index in [1.54, 1.807) is 7.11 Å². The molecule has 0 aliphatic rings. The molecule has 1 aromatic carbocycles. The molecule has 0 saturated carbocycles. The molecule has 12 heavy (non-hydrogen) atoms. The smallest absolute Gasteiger partial charge is 0.118 e. The van der Waals surface area contributed by atoms with E-state index in [4.69, 9.17) is 4.74 Å². The van der Waals surface area contributed by atoms with Crippen LogP contribution in [0.3, 0.4) is 0 Å². The predicted molar refractivity (Wildman–Crippen MR) is 53.7 cm³/mol. The van der Waals surface area contributed by atoms with Crippen LogP contribution in [0.2, 0.25) is 0 Å². The molecular formula is C10H10OS. The quantitative estimate of drug-likeness (QED) is 0.511. The molecule has 0 atom stereocenters. The summed E-state index contributed by atoms with van der Waals surface area (Å²) in [5.74, 6) is 7.28. The molecule has 62 valence electrons. The zero-order valence-corrected chi connectivity index (χ0v) is 7.77. The second-order valence-corrected chi connectivity index (χ2v) is 2.50. The molecule has 0 aliphatic heterocycles. The van der Waals surface area contributed by atoms with Crippen LogP contribution < -0.4 is 4.74 Å². The van der Waals surface area contributed by atoms with Crippen LogP contribution in [0.15, 0.2) is 24.3 Å². The van der Waals surface area contributed by atoms with E-state index >= 15 is 0 Å². The number of thiol groups is 1. The van der Waals surface area contributed by atoms with E-state index in [0.717, 1.165) is 11.3 Å². The summed E-state index contributed by atoms with van der Waals surface area (Å²) in [5, 5.41) is 0. The minimum atomic E-state index is 0.589. The number of benzene rings is 1. The van der Waals surface area contributed by atoms with Gasteiger partial charge in [-0.1, -0.05) is 11.8 Å². The van der Waals surface area contributed by atoms with Crippen LogP contribution in [0.1, 0.15) is 5.56 Å². The van der Waals surface area contributed by atoms with E-state index in [2.05, 4.69) is 24.5 Å². The summed E-state index contributed by atoms with van der Waals surface area (Å²) < 4.78 is 5.01. The lowest BCUT2D eigenvalue weighted by atomic mass is 10.2. The largest absolute Gasteiger partial charge is 0.497 e. The first-order valence-electron chi connectivity index (χ1n) is 3.60. The van der Waals surface area contributed by atoms with E-state index < -0.39 is 0 Å². The fourth-order valence-corrected chi connectivity index (χ4v) is 0.895. The monoisotopic (exact) mass is 178 g/mol. The van der Waals surface area contributed by atoms with Crippen molar-refractivity contribution in [3.05, 3.63) is 29.8 Å². The first kappa shape index (κ1) is 9.02. The fraction of sp³-hybridized carbons (Fsp3) is 0.200. The van der Waals surface area contributed by atoms with Gasteiger partial charge in [-0.15, -0.1) is 0 Å². The van der Waals surface area contributed by atoms with Gasteiger partial charge in [-0.3, -0.25) is 0 Å². The van der Waals surface area contributed by atoms with Gasteiger partial charge in [0.2, 0.25) is 0 Å². The van der Waals surface area contributed by atoms with Crippen molar-refractivity contribution in [2.75, 3.05) is 12.9 Å². The van der Waals surface area contributed by atoms with Crippen LogP contribution in [0.4, 0.5) is 0 Å². The highest BCUT2D eigenvalue weighted by Crippen LogP contribution is 2.09. The van der Waals surface area contributed by atoms with Gasteiger partial charge in [0.05, 0.1) is 12.9 Å². The first-order valence-corrected chi connectivity index (χ1v) is 4.24. The topological polar surface area (TPSA) is 9.23 Å². The second kappa shape index (κ2) is 4.74. The molecule has 0 fully saturated rings. The van der Waals surface area contributed by atoms with Crippen LogP contribution in [0, 0.1) is 11.8 Å². The Morgan fingerprint density at radius 1 is 1.33 bits per heavy atom. The molecule has 0 bridgehead atoms. The number of methoxy groups -OCH3 is 1. The molecule has 1 nitrogen and oxygen atoms in total. The average molecular weight is 178 g/mol. The molecule has 1 aromatic rings. The highest BCUT2D eigenvalue weighted by Gasteiger charge is 1.88. The van der Waals surface area contributed by atoms with Crippen molar-refractivity contribution >= 4 is 12.6 Å². The van der Waals surface area contributed by atoms with Crippen LogP contribution in [0.5, 0.6) is 5.75 Å². The van der Waals surface area contributed by atoms with Gasteiger partial charge >= 0.3 is 0 Å². The lowest BCUT2D eigenvalue weighted by Gasteiger charge is -1.97.